The molecule has 0 fully saturated rings. The van der Waals surface area contributed by atoms with Gasteiger partial charge >= 0.3 is 5.97 Å². The molecule has 0 radical (unpaired) electrons. The van der Waals surface area contributed by atoms with Crippen LogP contribution in [0.5, 0.6) is 0 Å². The molecule has 0 bridgehead atoms. The summed E-state index contributed by atoms with van der Waals surface area (Å²) >= 11 is 0. The molecule has 3 aromatic rings. The average molecular weight is 429 g/mol. The monoisotopic (exact) mass is 428 g/mol. The first-order chi connectivity index (χ1) is 15.5. The number of ether oxygens (including phenoxy) is 1. The fraction of sp³-hybridized carbons (Fsp3) is 0.222. The smallest absolute Gasteiger partial charge is 0.338 e. The molecule has 0 N–H and O–H groups in total. The second kappa shape index (κ2) is 11.0. The van der Waals surface area contributed by atoms with Crippen molar-refractivity contribution in [3.63, 3.8) is 0 Å². The SMILES string of the molecule is CCOC(=O)c1ccc(N(Cc2cccnc2)C(=O)/C=C/c2ccc(C(C)C)cc2)cc1. The van der Waals surface area contributed by atoms with E-state index in [1.165, 1.54) is 5.56 Å². The van der Waals surface area contributed by atoms with E-state index in [9.17, 15) is 9.59 Å². The molecule has 1 heterocycles. The third-order valence-corrected chi connectivity index (χ3v) is 5.04. The van der Waals surface area contributed by atoms with Gasteiger partial charge in [-0.1, -0.05) is 44.2 Å². The van der Waals surface area contributed by atoms with Gasteiger partial charge in [0.1, 0.15) is 0 Å². The second-order valence-corrected chi connectivity index (χ2v) is 7.71. The molecule has 1 amide bonds. The van der Waals surface area contributed by atoms with Gasteiger partial charge in [-0.15, -0.1) is 0 Å². The third kappa shape index (κ3) is 6.14. The Kier molecular flexibility index (Phi) is 7.92. The summed E-state index contributed by atoms with van der Waals surface area (Å²) in [6.07, 6.45) is 6.82. The van der Waals surface area contributed by atoms with Crippen LogP contribution >= 0.6 is 0 Å². The Morgan fingerprint density at radius 1 is 1.03 bits per heavy atom. The summed E-state index contributed by atoms with van der Waals surface area (Å²) in [5, 5.41) is 0. The summed E-state index contributed by atoms with van der Waals surface area (Å²) in [6, 6.07) is 18.8. The summed E-state index contributed by atoms with van der Waals surface area (Å²) in [5.41, 5.74) is 4.26. The van der Waals surface area contributed by atoms with Gasteiger partial charge < -0.3 is 9.64 Å². The third-order valence-electron chi connectivity index (χ3n) is 5.04. The zero-order valence-electron chi connectivity index (χ0n) is 18.7. The van der Waals surface area contributed by atoms with Crippen LogP contribution in [0, 0.1) is 0 Å². The van der Waals surface area contributed by atoms with Crippen LogP contribution in [0.25, 0.3) is 6.08 Å². The molecule has 164 valence electrons. The van der Waals surface area contributed by atoms with Crippen LogP contribution in [0.1, 0.15) is 53.7 Å². The van der Waals surface area contributed by atoms with Gasteiger partial charge in [0.2, 0.25) is 0 Å². The van der Waals surface area contributed by atoms with Crippen LogP contribution in [0.4, 0.5) is 5.69 Å². The largest absolute Gasteiger partial charge is 0.462 e. The minimum absolute atomic E-state index is 0.161. The van der Waals surface area contributed by atoms with E-state index in [1.807, 2.05) is 30.3 Å². The zero-order chi connectivity index (χ0) is 22.9. The van der Waals surface area contributed by atoms with E-state index >= 15 is 0 Å². The lowest BCUT2D eigenvalue weighted by Gasteiger charge is -2.22. The van der Waals surface area contributed by atoms with Gasteiger partial charge in [-0.3, -0.25) is 9.78 Å². The van der Waals surface area contributed by atoms with Crippen molar-refractivity contribution in [2.45, 2.75) is 33.2 Å². The average Bonchev–Trinajstić information content (AvgIpc) is 2.82. The maximum absolute atomic E-state index is 13.1. The molecule has 0 atom stereocenters. The van der Waals surface area contributed by atoms with E-state index in [-0.39, 0.29) is 11.9 Å². The molecule has 0 spiro atoms. The highest BCUT2D eigenvalue weighted by Gasteiger charge is 2.15. The molecule has 2 aromatic carbocycles. The summed E-state index contributed by atoms with van der Waals surface area (Å²) in [5.74, 6) is -0.0817. The summed E-state index contributed by atoms with van der Waals surface area (Å²) < 4.78 is 5.04. The fourth-order valence-corrected chi connectivity index (χ4v) is 3.21. The molecule has 5 nitrogen and oxygen atoms in total. The van der Waals surface area contributed by atoms with E-state index in [1.54, 1.807) is 54.6 Å². The quantitative estimate of drug-likeness (QED) is 0.345. The molecule has 0 aliphatic carbocycles. The number of carbonyl (C=O) groups excluding carboxylic acids is 2. The van der Waals surface area contributed by atoms with Gasteiger partial charge in [0, 0.05) is 24.2 Å². The van der Waals surface area contributed by atoms with Gasteiger partial charge in [0.05, 0.1) is 18.7 Å². The van der Waals surface area contributed by atoms with Crippen molar-refractivity contribution in [1.29, 1.82) is 0 Å². The molecule has 0 saturated carbocycles. The van der Waals surface area contributed by atoms with Gasteiger partial charge in [-0.05, 0) is 65.9 Å². The van der Waals surface area contributed by atoms with Crippen LogP contribution < -0.4 is 4.90 Å². The highest BCUT2D eigenvalue weighted by atomic mass is 16.5. The lowest BCUT2D eigenvalue weighted by atomic mass is 10.0. The molecule has 3 rings (SSSR count). The van der Waals surface area contributed by atoms with Gasteiger partial charge in [-0.25, -0.2) is 4.79 Å². The topological polar surface area (TPSA) is 59.5 Å². The van der Waals surface area contributed by atoms with E-state index < -0.39 is 0 Å². The zero-order valence-corrected chi connectivity index (χ0v) is 18.7. The molecular weight excluding hydrogens is 400 g/mol. The van der Waals surface area contributed by atoms with Crippen molar-refractivity contribution < 1.29 is 14.3 Å². The Morgan fingerprint density at radius 2 is 1.75 bits per heavy atom. The first kappa shape index (κ1) is 22.9. The number of hydrogen-bond acceptors (Lipinski definition) is 4. The standard InChI is InChI=1S/C27H28N2O3/c1-4-32-27(31)24-12-14-25(15-13-24)29(19-22-6-5-17-28-18-22)26(30)16-9-21-7-10-23(11-8-21)20(2)3/h5-18,20H,4,19H2,1-3H3/b16-9+. The fourth-order valence-electron chi connectivity index (χ4n) is 3.21. The number of benzene rings is 2. The number of hydrogen-bond donors (Lipinski definition) is 0. The maximum atomic E-state index is 13.1. The highest BCUT2D eigenvalue weighted by molar-refractivity contribution is 6.04. The van der Waals surface area contributed by atoms with E-state index in [0.717, 1.165) is 11.1 Å². The number of rotatable bonds is 8. The van der Waals surface area contributed by atoms with Crippen molar-refractivity contribution in [3.05, 3.63) is 101 Å². The lowest BCUT2D eigenvalue weighted by molar-refractivity contribution is -0.114. The Hall–Kier alpha value is -3.73. The first-order valence-corrected chi connectivity index (χ1v) is 10.7. The van der Waals surface area contributed by atoms with Crippen molar-refractivity contribution >= 4 is 23.6 Å². The molecule has 32 heavy (non-hydrogen) atoms. The summed E-state index contributed by atoms with van der Waals surface area (Å²) in [6.45, 7) is 6.75. The first-order valence-electron chi connectivity index (χ1n) is 10.7. The number of aromatic nitrogens is 1. The Balaban J connectivity index is 1.83. The van der Waals surface area contributed by atoms with Crippen molar-refractivity contribution in [2.75, 3.05) is 11.5 Å². The number of anilines is 1. The minimum Gasteiger partial charge on any atom is -0.462 e. The number of esters is 1. The number of carbonyl (C=O) groups is 2. The predicted octanol–water partition coefficient (Wildman–Crippen LogP) is 5.63. The van der Waals surface area contributed by atoms with E-state index in [4.69, 9.17) is 4.74 Å². The molecule has 0 unspecified atom stereocenters. The molecular formula is C27H28N2O3. The van der Waals surface area contributed by atoms with Crippen LogP contribution in [0.15, 0.2) is 79.1 Å². The van der Waals surface area contributed by atoms with Crippen LogP contribution in [-0.2, 0) is 16.1 Å². The lowest BCUT2D eigenvalue weighted by Crippen LogP contribution is -2.28. The molecule has 0 aliphatic rings. The Morgan fingerprint density at radius 3 is 2.34 bits per heavy atom. The van der Waals surface area contributed by atoms with Crippen LogP contribution in [0.3, 0.4) is 0 Å². The molecule has 1 aromatic heterocycles. The predicted molar refractivity (Wildman–Crippen MR) is 127 cm³/mol. The number of amides is 1. The maximum Gasteiger partial charge on any atom is 0.338 e. The van der Waals surface area contributed by atoms with Crippen LogP contribution in [0.2, 0.25) is 0 Å². The molecule has 0 aliphatic heterocycles. The van der Waals surface area contributed by atoms with Crippen molar-refractivity contribution in [2.24, 2.45) is 0 Å². The molecule has 0 saturated heterocycles. The molecule has 5 heteroatoms. The Labute approximate surface area is 189 Å². The minimum atomic E-state index is -0.381. The van der Waals surface area contributed by atoms with Crippen LogP contribution in [-0.4, -0.2) is 23.5 Å². The normalized spacial score (nSPS) is 11.0. The van der Waals surface area contributed by atoms with Crippen molar-refractivity contribution in [1.82, 2.24) is 4.98 Å². The summed E-state index contributed by atoms with van der Waals surface area (Å²) in [7, 11) is 0. The van der Waals surface area contributed by atoms with E-state index in [2.05, 4.69) is 31.0 Å². The van der Waals surface area contributed by atoms with Crippen molar-refractivity contribution in [3.8, 4) is 0 Å². The number of pyridine rings is 1. The highest BCUT2D eigenvalue weighted by Crippen LogP contribution is 2.20. The Bertz CT molecular complexity index is 1060. The van der Waals surface area contributed by atoms with Gasteiger partial charge in [0.15, 0.2) is 0 Å². The van der Waals surface area contributed by atoms with Gasteiger partial charge in [0.25, 0.3) is 5.91 Å². The van der Waals surface area contributed by atoms with E-state index in [0.29, 0.717) is 30.3 Å². The number of nitrogens with zero attached hydrogens (tertiary/aromatic N) is 2. The van der Waals surface area contributed by atoms with Gasteiger partial charge in [-0.2, -0.15) is 0 Å². The summed E-state index contributed by atoms with van der Waals surface area (Å²) in [4.78, 5) is 30.9. The second-order valence-electron chi connectivity index (χ2n) is 7.71.